The molecule has 3 aromatic heterocycles. The monoisotopic (exact) mass is 471 g/mol. The molecule has 0 unspecified atom stereocenters. The Morgan fingerprint density at radius 2 is 1.94 bits per heavy atom. The van der Waals surface area contributed by atoms with Crippen molar-refractivity contribution >= 4 is 33.8 Å². The highest BCUT2D eigenvalue weighted by Gasteiger charge is 2.28. The molecule has 33 heavy (non-hydrogen) atoms. The van der Waals surface area contributed by atoms with Crippen LogP contribution in [0.2, 0.25) is 0 Å². The Labute approximate surface area is 189 Å². The fourth-order valence-electron chi connectivity index (χ4n) is 3.99. The summed E-state index contributed by atoms with van der Waals surface area (Å²) >= 11 is 1.28. The third-order valence-electron chi connectivity index (χ3n) is 5.50. The molecule has 3 N–H and O–H groups in total. The zero-order chi connectivity index (χ0) is 23.3. The first-order valence-electron chi connectivity index (χ1n) is 10.0. The van der Waals surface area contributed by atoms with Crippen LogP contribution in [0.25, 0.3) is 16.9 Å². The molecule has 0 radical (unpaired) electrons. The highest BCUT2D eigenvalue weighted by molar-refractivity contribution is 7.17. The van der Waals surface area contributed by atoms with Crippen LogP contribution in [0.3, 0.4) is 0 Å². The second-order valence-electron chi connectivity index (χ2n) is 7.55. The molecule has 4 aromatic rings. The molecule has 5 rings (SSSR count). The van der Waals surface area contributed by atoms with Gasteiger partial charge >= 0.3 is 0 Å². The molecule has 1 aliphatic rings. The van der Waals surface area contributed by atoms with E-state index < -0.39 is 29.8 Å². The summed E-state index contributed by atoms with van der Waals surface area (Å²) in [6, 6.07) is 6.34. The topological polar surface area (TPSA) is 102 Å². The minimum atomic E-state index is -2.90. The number of aryl methyl sites for hydroxylation is 1. The van der Waals surface area contributed by atoms with Crippen LogP contribution in [-0.4, -0.2) is 26.4 Å². The van der Waals surface area contributed by atoms with E-state index in [1.54, 1.807) is 0 Å². The van der Waals surface area contributed by atoms with E-state index in [0.717, 1.165) is 40.1 Å². The maximum absolute atomic E-state index is 13.7. The molecule has 168 valence electrons. The molecule has 0 bridgehead atoms. The number of nitrogens with zero attached hydrogens (tertiary/aromatic N) is 3. The van der Waals surface area contributed by atoms with Gasteiger partial charge in [0.15, 0.2) is 5.65 Å². The number of rotatable bonds is 5. The fourth-order valence-corrected chi connectivity index (χ4v) is 5.28. The summed E-state index contributed by atoms with van der Waals surface area (Å²) in [5, 5.41) is 6.92. The average molecular weight is 471 g/mol. The van der Waals surface area contributed by atoms with Crippen LogP contribution in [0.5, 0.6) is 0 Å². The number of carbonyl (C=O) groups is 2. The molecule has 7 nitrogen and oxygen atoms in total. The number of nitrogens with two attached hydrogens (primary N) is 1. The molecule has 0 spiro atoms. The van der Waals surface area contributed by atoms with E-state index >= 15 is 0 Å². The molecule has 0 fully saturated rings. The Bertz CT molecular complexity index is 1410. The number of carbonyl (C=O) groups excluding carboxylic acids is 2. The van der Waals surface area contributed by atoms with E-state index in [0.29, 0.717) is 17.0 Å². The van der Waals surface area contributed by atoms with E-state index in [1.807, 2.05) is 0 Å². The SMILES string of the molecule is NC(=O)c1c(NC(=O)c2cnn3c(C(F)F)cc(-c4ccc(F)cc4)nc23)sc2c1CCC2. The van der Waals surface area contributed by atoms with Gasteiger partial charge in [0.1, 0.15) is 22.1 Å². The van der Waals surface area contributed by atoms with Crippen LogP contribution >= 0.6 is 11.3 Å². The number of primary amides is 1. The van der Waals surface area contributed by atoms with E-state index in [4.69, 9.17) is 5.73 Å². The van der Waals surface area contributed by atoms with Gasteiger partial charge in [-0.25, -0.2) is 22.7 Å². The van der Waals surface area contributed by atoms with Crippen molar-refractivity contribution in [2.24, 2.45) is 5.73 Å². The summed E-state index contributed by atoms with van der Waals surface area (Å²) in [5.41, 5.74) is 6.61. The molecule has 1 aliphatic carbocycles. The van der Waals surface area contributed by atoms with Crippen molar-refractivity contribution < 1.29 is 22.8 Å². The van der Waals surface area contributed by atoms with Gasteiger partial charge in [-0.05, 0) is 55.2 Å². The van der Waals surface area contributed by atoms with Crippen molar-refractivity contribution in [2.45, 2.75) is 25.7 Å². The maximum Gasteiger partial charge on any atom is 0.280 e. The van der Waals surface area contributed by atoms with Gasteiger partial charge in [-0.2, -0.15) is 5.10 Å². The van der Waals surface area contributed by atoms with E-state index in [9.17, 15) is 22.8 Å². The normalized spacial score (nSPS) is 13.0. The van der Waals surface area contributed by atoms with Crippen molar-refractivity contribution in [3.8, 4) is 11.3 Å². The third-order valence-corrected chi connectivity index (χ3v) is 6.71. The number of fused-ring (bicyclic) bond motifs is 2. The largest absolute Gasteiger partial charge is 0.365 e. The van der Waals surface area contributed by atoms with Crippen LogP contribution < -0.4 is 11.1 Å². The first-order chi connectivity index (χ1) is 15.8. The Morgan fingerprint density at radius 3 is 2.64 bits per heavy atom. The summed E-state index contributed by atoms with van der Waals surface area (Å²) < 4.78 is 41.7. The van der Waals surface area contributed by atoms with Crippen molar-refractivity contribution in [1.82, 2.24) is 14.6 Å². The fraction of sp³-hybridized carbons (Fsp3) is 0.182. The van der Waals surface area contributed by atoms with Gasteiger partial charge in [-0.3, -0.25) is 9.59 Å². The third kappa shape index (κ3) is 3.63. The summed E-state index contributed by atoms with van der Waals surface area (Å²) in [5.74, 6) is -1.77. The number of anilines is 1. The minimum absolute atomic E-state index is 0.0511. The molecule has 0 atom stereocenters. The molecular formula is C22H16F3N5O2S. The molecule has 0 saturated heterocycles. The quantitative estimate of drug-likeness (QED) is 0.451. The predicted octanol–water partition coefficient (Wildman–Crippen LogP) is 4.37. The number of amides is 2. The highest BCUT2D eigenvalue weighted by atomic mass is 32.1. The lowest BCUT2D eigenvalue weighted by atomic mass is 10.1. The Hall–Kier alpha value is -3.73. The van der Waals surface area contributed by atoms with Gasteiger partial charge in [0, 0.05) is 10.4 Å². The number of aromatic nitrogens is 3. The molecule has 2 amide bonds. The van der Waals surface area contributed by atoms with Crippen molar-refractivity contribution in [3.05, 3.63) is 69.6 Å². The number of hydrogen-bond donors (Lipinski definition) is 2. The van der Waals surface area contributed by atoms with Gasteiger partial charge < -0.3 is 11.1 Å². The lowest BCUT2D eigenvalue weighted by Crippen LogP contribution is -2.18. The Kier molecular flexibility index (Phi) is 5.12. The first-order valence-corrected chi connectivity index (χ1v) is 10.8. The average Bonchev–Trinajstić information content (AvgIpc) is 3.47. The number of benzene rings is 1. The first kappa shape index (κ1) is 21.1. The van der Waals surface area contributed by atoms with Crippen LogP contribution in [0.4, 0.5) is 18.2 Å². The second kappa shape index (κ2) is 8.00. The van der Waals surface area contributed by atoms with Crippen LogP contribution in [0, 0.1) is 5.82 Å². The Morgan fingerprint density at radius 1 is 1.18 bits per heavy atom. The minimum Gasteiger partial charge on any atom is -0.365 e. The zero-order valence-electron chi connectivity index (χ0n) is 16.9. The summed E-state index contributed by atoms with van der Waals surface area (Å²) in [6.45, 7) is 0. The predicted molar refractivity (Wildman–Crippen MR) is 116 cm³/mol. The molecule has 0 aliphatic heterocycles. The van der Waals surface area contributed by atoms with Crippen molar-refractivity contribution in [3.63, 3.8) is 0 Å². The Balaban J connectivity index is 1.58. The summed E-state index contributed by atoms with van der Waals surface area (Å²) in [4.78, 5) is 30.4. The number of alkyl halides is 2. The number of hydrogen-bond acceptors (Lipinski definition) is 5. The van der Waals surface area contributed by atoms with Crippen LogP contribution in [0.1, 0.15) is 49.7 Å². The summed E-state index contributed by atoms with van der Waals surface area (Å²) in [6.07, 6.45) is 0.663. The van der Waals surface area contributed by atoms with Crippen molar-refractivity contribution in [2.75, 3.05) is 5.32 Å². The molecule has 3 heterocycles. The summed E-state index contributed by atoms with van der Waals surface area (Å²) in [7, 11) is 0. The second-order valence-corrected chi connectivity index (χ2v) is 8.65. The molecular weight excluding hydrogens is 455 g/mol. The lowest BCUT2D eigenvalue weighted by Gasteiger charge is -2.09. The number of halogens is 3. The van der Waals surface area contributed by atoms with Gasteiger partial charge in [0.05, 0.1) is 17.5 Å². The van der Waals surface area contributed by atoms with E-state index in [-0.39, 0.29) is 22.5 Å². The maximum atomic E-state index is 13.7. The zero-order valence-corrected chi connectivity index (χ0v) is 17.8. The van der Waals surface area contributed by atoms with Gasteiger partial charge in [-0.1, -0.05) is 0 Å². The van der Waals surface area contributed by atoms with Gasteiger partial charge in [-0.15, -0.1) is 11.3 Å². The van der Waals surface area contributed by atoms with Crippen LogP contribution in [0.15, 0.2) is 36.5 Å². The van der Waals surface area contributed by atoms with Gasteiger partial charge in [0.2, 0.25) is 0 Å². The van der Waals surface area contributed by atoms with E-state index in [2.05, 4.69) is 15.4 Å². The lowest BCUT2D eigenvalue weighted by molar-refractivity contribution is 0.100. The molecule has 1 aromatic carbocycles. The number of nitrogens with one attached hydrogen (secondary N) is 1. The van der Waals surface area contributed by atoms with Crippen LogP contribution in [-0.2, 0) is 12.8 Å². The smallest absolute Gasteiger partial charge is 0.280 e. The van der Waals surface area contributed by atoms with Gasteiger partial charge in [0.25, 0.3) is 18.2 Å². The standard InChI is InChI=1S/C22H16F3N5O2S/c23-11-6-4-10(5-7-11)14-8-15(18(24)25)30-20(28-14)13(9-27-30)21(32)29-22-17(19(26)31)12-2-1-3-16(12)33-22/h4-9,18H,1-3H2,(H2,26,31)(H,29,32). The number of thiophene rings is 1. The molecule has 11 heteroatoms. The molecule has 0 saturated carbocycles. The van der Waals surface area contributed by atoms with Crippen molar-refractivity contribution in [1.29, 1.82) is 0 Å². The highest BCUT2D eigenvalue weighted by Crippen LogP contribution is 2.39. The van der Waals surface area contributed by atoms with E-state index in [1.165, 1.54) is 35.6 Å².